The zero-order chi connectivity index (χ0) is 11.4. The van der Waals surface area contributed by atoms with E-state index in [0.717, 1.165) is 12.3 Å². The molecule has 5 heteroatoms. The van der Waals surface area contributed by atoms with E-state index in [4.69, 9.17) is 9.15 Å². The Labute approximate surface area is 94.4 Å². The summed E-state index contributed by atoms with van der Waals surface area (Å²) in [5.41, 5.74) is 0. The Kier molecular flexibility index (Phi) is 3.58. The van der Waals surface area contributed by atoms with Crippen LogP contribution in [0.3, 0.4) is 0 Å². The number of rotatable bonds is 3. The molecule has 1 aliphatic rings. The summed E-state index contributed by atoms with van der Waals surface area (Å²) < 4.78 is 10.5. The number of likely N-dealkylation sites (N-methyl/N-ethyl adjacent to an activating group) is 1. The number of hydrogen-bond donors (Lipinski definition) is 1. The fourth-order valence-corrected chi connectivity index (χ4v) is 1.70. The first-order valence-corrected chi connectivity index (χ1v) is 5.36. The molecule has 1 saturated heterocycles. The van der Waals surface area contributed by atoms with Crippen LogP contribution in [0, 0.1) is 0 Å². The molecule has 1 aliphatic heterocycles. The third-order valence-electron chi connectivity index (χ3n) is 2.57. The molecular weight excluding hydrogens is 208 g/mol. The smallest absolute Gasteiger partial charge is 0.242 e. The zero-order valence-corrected chi connectivity index (χ0v) is 9.31. The SMILES string of the molecule is CN(Cc1ccco1)C(=O)C1COCCN1. The minimum atomic E-state index is -0.228. The van der Waals surface area contributed by atoms with E-state index in [0.29, 0.717) is 19.8 Å². The molecule has 16 heavy (non-hydrogen) atoms. The molecule has 1 N–H and O–H groups in total. The van der Waals surface area contributed by atoms with Gasteiger partial charge in [0.25, 0.3) is 0 Å². The lowest BCUT2D eigenvalue weighted by atomic mass is 10.2. The molecule has 88 valence electrons. The molecule has 0 spiro atoms. The number of nitrogens with zero attached hydrogens (tertiary/aromatic N) is 1. The Morgan fingerprint density at radius 3 is 3.19 bits per heavy atom. The zero-order valence-electron chi connectivity index (χ0n) is 9.31. The Morgan fingerprint density at radius 2 is 2.56 bits per heavy atom. The van der Waals surface area contributed by atoms with Crippen molar-refractivity contribution in [1.29, 1.82) is 0 Å². The van der Waals surface area contributed by atoms with Crippen LogP contribution in [-0.2, 0) is 16.1 Å². The molecule has 0 radical (unpaired) electrons. The van der Waals surface area contributed by atoms with E-state index in [-0.39, 0.29) is 11.9 Å². The number of carbonyl (C=O) groups is 1. The van der Waals surface area contributed by atoms with E-state index in [1.807, 2.05) is 12.1 Å². The fourth-order valence-electron chi connectivity index (χ4n) is 1.70. The van der Waals surface area contributed by atoms with E-state index in [9.17, 15) is 4.79 Å². The van der Waals surface area contributed by atoms with Crippen LogP contribution in [0.15, 0.2) is 22.8 Å². The maximum atomic E-state index is 12.0. The summed E-state index contributed by atoms with van der Waals surface area (Å²) in [5, 5.41) is 3.13. The van der Waals surface area contributed by atoms with Gasteiger partial charge >= 0.3 is 0 Å². The highest BCUT2D eigenvalue weighted by atomic mass is 16.5. The number of ether oxygens (including phenoxy) is 1. The van der Waals surface area contributed by atoms with Crippen LogP contribution in [-0.4, -0.2) is 43.7 Å². The topological polar surface area (TPSA) is 54.7 Å². The van der Waals surface area contributed by atoms with Crippen molar-refractivity contribution < 1.29 is 13.9 Å². The molecule has 1 fully saturated rings. The molecule has 1 atom stereocenters. The molecule has 2 heterocycles. The average Bonchev–Trinajstić information content (AvgIpc) is 2.82. The standard InChI is InChI=1S/C11H16N2O3/c1-13(7-9-3-2-5-16-9)11(14)10-8-15-6-4-12-10/h2-3,5,10,12H,4,6-8H2,1H3. The highest BCUT2D eigenvalue weighted by molar-refractivity contribution is 5.81. The van der Waals surface area contributed by atoms with Crippen LogP contribution in [0.5, 0.6) is 0 Å². The summed E-state index contributed by atoms with van der Waals surface area (Å²) in [7, 11) is 1.77. The Morgan fingerprint density at radius 1 is 1.69 bits per heavy atom. The maximum Gasteiger partial charge on any atom is 0.242 e. The molecule has 0 bridgehead atoms. The van der Waals surface area contributed by atoms with Gasteiger partial charge in [-0.2, -0.15) is 0 Å². The van der Waals surface area contributed by atoms with Gasteiger partial charge in [-0.05, 0) is 12.1 Å². The van der Waals surface area contributed by atoms with Crippen molar-refractivity contribution in [3.05, 3.63) is 24.2 Å². The number of morpholine rings is 1. The van der Waals surface area contributed by atoms with Crippen molar-refractivity contribution >= 4 is 5.91 Å². The molecule has 5 nitrogen and oxygen atoms in total. The molecular formula is C11H16N2O3. The quantitative estimate of drug-likeness (QED) is 0.798. The van der Waals surface area contributed by atoms with E-state index in [1.165, 1.54) is 0 Å². The van der Waals surface area contributed by atoms with Crippen LogP contribution < -0.4 is 5.32 Å². The molecule has 1 amide bonds. The van der Waals surface area contributed by atoms with Crippen LogP contribution in [0.1, 0.15) is 5.76 Å². The molecule has 1 unspecified atom stereocenters. The van der Waals surface area contributed by atoms with E-state index >= 15 is 0 Å². The monoisotopic (exact) mass is 224 g/mol. The number of nitrogens with one attached hydrogen (secondary N) is 1. The van der Waals surface area contributed by atoms with Crippen molar-refractivity contribution in [3.8, 4) is 0 Å². The number of furan rings is 1. The van der Waals surface area contributed by atoms with Crippen LogP contribution in [0.4, 0.5) is 0 Å². The number of carbonyl (C=O) groups excluding carboxylic acids is 1. The maximum absolute atomic E-state index is 12.0. The van der Waals surface area contributed by atoms with Crippen molar-refractivity contribution in [2.75, 3.05) is 26.8 Å². The Bertz CT molecular complexity index is 331. The molecule has 0 saturated carbocycles. The van der Waals surface area contributed by atoms with Gasteiger partial charge < -0.3 is 19.4 Å². The van der Waals surface area contributed by atoms with Gasteiger partial charge in [0.2, 0.25) is 5.91 Å². The second-order valence-corrected chi connectivity index (χ2v) is 3.86. The first-order valence-electron chi connectivity index (χ1n) is 5.36. The summed E-state index contributed by atoms with van der Waals surface area (Å²) in [6, 6.07) is 3.44. The normalized spacial score (nSPS) is 20.7. The minimum absolute atomic E-state index is 0.0381. The van der Waals surface area contributed by atoms with E-state index in [1.54, 1.807) is 18.2 Å². The lowest BCUT2D eigenvalue weighted by Crippen LogP contribution is -2.51. The summed E-state index contributed by atoms with van der Waals surface area (Å²) in [6.07, 6.45) is 1.61. The summed E-state index contributed by atoms with van der Waals surface area (Å²) in [4.78, 5) is 13.6. The van der Waals surface area contributed by atoms with Gasteiger partial charge in [0, 0.05) is 13.6 Å². The van der Waals surface area contributed by atoms with E-state index < -0.39 is 0 Å². The van der Waals surface area contributed by atoms with Gasteiger partial charge in [-0.1, -0.05) is 0 Å². The van der Waals surface area contributed by atoms with Crippen LogP contribution >= 0.6 is 0 Å². The highest BCUT2D eigenvalue weighted by Crippen LogP contribution is 2.06. The van der Waals surface area contributed by atoms with Crippen molar-refractivity contribution in [1.82, 2.24) is 10.2 Å². The van der Waals surface area contributed by atoms with Gasteiger partial charge in [0.15, 0.2) is 0 Å². The van der Waals surface area contributed by atoms with Gasteiger partial charge in [-0.3, -0.25) is 4.79 Å². The van der Waals surface area contributed by atoms with E-state index in [2.05, 4.69) is 5.32 Å². The summed E-state index contributed by atoms with van der Waals surface area (Å²) >= 11 is 0. The van der Waals surface area contributed by atoms with Crippen LogP contribution in [0.2, 0.25) is 0 Å². The first kappa shape index (κ1) is 11.2. The largest absolute Gasteiger partial charge is 0.467 e. The first-order chi connectivity index (χ1) is 7.77. The summed E-state index contributed by atoms with van der Waals surface area (Å²) in [5.74, 6) is 0.823. The highest BCUT2D eigenvalue weighted by Gasteiger charge is 2.24. The molecule has 1 aromatic heterocycles. The van der Waals surface area contributed by atoms with Crippen molar-refractivity contribution in [2.24, 2.45) is 0 Å². The molecule has 1 aromatic rings. The fraction of sp³-hybridized carbons (Fsp3) is 0.545. The number of hydrogen-bond acceptors (Lipinski definition) is 4. The van der Waals surface area contributed by atoms with Gasteiger partial charge in [-0.15, -0.1) is 0 Å². The lowest BCUT2D eigenvalue weighted by molar-refractivity contribution is -0.135. The third kappa shape index (κ3) is 2.62. The Hall–Kier alpha value is -1.33. The predicted octanol–water partition coefficient (Wildman–Crippen LogP) is 0.226. The molecule has 0 aliphatic carbocycles. The lowest BCUT2D eigenvalue weighted by Gasteiger charge is -2.27. The van der Waals surface area contributed by atoms with Gasteiger partial charge in [0.1, 0.15) is 11.8 Å². The summed E-state index contributed by atoms with van der Waals surface area (Å²) in [6.45, 7) is 2.34. The second-order valence-electron chi connectivity index (χ2n) is 3.86. The van der Waals surface area contributed by atoms with Crippen molar-refractivity contribution in [3.63, 3.8) is 0 Å². The Balaban J connectivity index is 1.88. The van der Waals surface area contributed by atoms with Crippen molar-refractivity contribution in [2.45, 2.75) is 12.6 Å². The minimum Gasteiger partial charge on any atom is -0.467 e. The second kappa shape index (κ2) is 5.14. The predicted molar refractivity (Wildman–Crippen MR) is 57.8 cm³/mol. The molecule has 2 rings (SSSR count). The van der Waals surface area contributed by atoms with Gasteiger partial charge in [0.05, 0.1) is 26.0 Å². The molecule has 0 aromatic carbocycles. The third-order valence-corrected chi connectivity index (χ3v) is 2.57. The van der Waals surface area contributed by atoms with Crippen LogP contribution in [0.25, 0.3) is 0 Å². The average molecular weight is 224 g/mol. The number of amides is 1. The van der Waals surface area contributed by atoms with Gasteiger partial charge in [-0.25, -0.2) is 0 Å².